The van der Waals surface area contributed by atoms with Gasteiger partial charge in [-0.15, -0.1) is 0 Å². The van der Waals surface area contributed by atoms with Crippen molar-refractivity contribution in [3.05, 3.63) is 52.6 Å². The summed E-state index contributed by atoms with van der Waals surface area (Å²) in [6.07, 6.45) is 1.00. The number of nitro benzene ring substituents is 1. The molecule has 0 unspecified atom stereocenters. The lowest BCUT2D eigenvalue weighted by Gasteiger charge is -2.37. The van der Waals surface area contributed by atoms with Crippen LogP contribution in [0.4, 0.5) is 17.1 Å². The summed E-state index contributed by atoms with van der Waals surface area (Å²) < 4.78 is 47.7. The van der Waals surface area contributed by atoms with Crippen molar-refractivity contribution in [3.63, 3.8) is 0 Å². The average molecular weight is 441 g/mol. The standard InChI is InChI=1S/C17H20N4O6S2/c1-28(24,25)17-12-13(29(18,26)27)6-7-16(17)20-10-8-19(9-11-20)14-4-2-3-5-15(14)21(22)23/h2-7,12H,8-11H2,1H3,(H2,18,26,27). The number of para-hydroxylation sites is 2. The molecule has 2 aromatic carbocycles. The number of hydrogen-bond donors (Lipinski definition) is 1. The van der Waals surface area contributed by atoms with E-state index in [9.17, 15) is 26.9 Å². The van der Waals surface area contributed by atoms with Gasteiger partial charge in [-0.2, -0.15) is 0 Å². The number of nitrogens with two attached hydrogens (primary N) is 1. The molecule has 12 heteroatoms. The molecule has 0 aromatic heterocycles. The first-order chi connectivity index (χ1) is 13.5. The molecular weight excluding hydrogens is 420 g/mol. The van der Waals surface area contributed by atoms with Crippen molar-refractivity contribution in [1.82, 2.24) is 0 Å². The van der Waals surface area contributed by atoms with Crippen LogP contribution in [0.15, 0.2) is 52.3 Å². The Kier molecular flexibility index (Phi) is 5.52. The maximum Gasteiger partial charge on any atom is 0.292 e. The zero-order valence-corrected chi connectivity index (χ0v) is 17.2. The van der Waals surface area contributed by atoms with Gasteiger partial charge < -0.3 is 9.80 Å². The largest absolute Gasteiger partial charge is 0.367 e. The van der Waals surface area contributed by atoms with Crippen LogP contribution >= 0.6 is 0 Å². The van der Waals surface area contributed by atoms with Crippen molar-refractivity contribution in [2.24, 2.45) is 5.14 Å². The second-order valence-corrected chi connectivity index (χ2v) is 10.2. The Morgan fingerprint density at radius 1 is 0.931 bits per heavy atom. The highest BCUT2D eigenvalue weighted by Crippen LogP contribution is 2.32. The zero-order chi connectivity index (χ0) is 21.4. The topological polar surface area (TPSA) is 144 Å². The molecule has 0 bridgehead atoms. The Balaban J connectivity index is 1.89. The SMILES string of the molecule is CS(=O)(=O)c1cc(S(N)(=O)=O)ccc1N1CCN(c2ccccc2[N+](=O)[O-])CC1. The summed E-state index contributed by atoms with van der Waals surface area (Å²) >= 11 is 0. The Bertz CT molecular complexity index is 1160. The molecule has 10 nitrogen and oxygen atoms in total. The monoisotopic (exact) mass is 440 g/mol. The number of nitrogens with zero attached hydrogens (tertiary/aromatic N) is 3. The third-order valence-electron chi connectivity index (χ3n) is 4.70. The van der Waals surface area contributed by atoms with Crippen molar-refractivity contribution in [1.29, 1.82) is 0 Å². The normalized spacial score (nSPS) is 15.4. The van der Waals surface area contributed by atoms with Gasteiger partial charge in [0.2, 0.25) is 10.0 Å². The van der Waals surface area contributed by atoms with Crippen LogP contribution in [0, 0.1) is 10.1 Å². The maximum atomic E-state index is 12.2. The van der Waals surface area contributed by atoms with E-state index in [1.807, 2.05) is 9.80 Å². The maximum absolute atomic E-state index is 12.2. The molecule has 29 heavy (non-hydrogen) atoms. The summed E-state index contributed by atoms with van der Waals surface area (Å²) in [5.74, 6) is 0. The second-order valence-electron chi connectivity index (χ2n) is 6.67. The number of piperazine rings is 1. The van der Waals surface area contributed by atoms with Gasteiger partial charge in [0.05, 0.1) is 20.4 Å². The number of benzene rings is 2. The zero-order valence-electron chi connectivity index (χ0n) is 15.6. The van der Waals surface area contributed by atoms with Gasteiger partial charge in [-0.3, -0.25) is 10.1 Å². The van der Waals surface area contributed by atoms with Crippen molar-refractivity contribution in [3.8, 4) is 0 Å². The average Bonchev–Trinajstić information content (AvgIpc) is 2.66. The van der Waals surface area contributed by atoms with E-state index in [1.54, 1.807) is 18.2 Å². The van der Waals surface area contributed by atoms with E-state index in [0.717, 1.165) is 12.3 Å². The fraction of sp³-hybridized carbons (Fsp3) is 0.294. The molecule has 156 valence electrons. The molecule has 1 heterocycles. The van der Waals surface area contributed by atoms with Gasteiger partial charge in [0, 0.05) is 38.5 Å². The van der Waals surface area contributed by atoms with Crippen LogP contribution in [-0.4, -0.2) is 54.2 Å². The molecule has 0 atom stereocenters. The number of rotatable bonds is 5. The van der Waals surface area contributed by atoms with Crippen LogP contribution in [-0.2, 0) is 19.9 Å². The lowest BCUT2D eigenvalue weighted by molar-refractivity contribution is -0.384. The quantitative estimate of drug-likeness (QED) is 0.535. The highest BCUT2D eigenvalue weighted by atomic mass is 32.2. The predicted octanol–water partition coefficient (Wildman–Crippen LogP) is 0.972. The number of nitro groups is 1. The number of sulfone groups is 1. The van der Waals surface area contributed by atoms with E-state index in [1.165, 1.54) is 18.2 Å². The summed E-state index contributed by atoms with van der Waals surface area (Å²) in [4.78, 5) is 14.1. The summed E-state index contributed by atoms with van der Waals surface area (Å²) in [7, 11) is -7.76. The van der Waals surface area contributed by atoms with Gasteiger partial charge in [-0.25, -0.2) is 22.0 Å². The van der Waals surface area contributed by atoms with E-state index in [-0.39, 0.29) is 15.5 Å². The molecule has 1 fully saturated rings. The smallest absolute Gasteiger partial charge is 0.292 e. The Labute approximate surface area is 168 Å². The molecule has 1 aliphatic heterocycles. The number of primary sulfonamides is 1. The predicted molar refractivity (Wildman–Crippen MR) is 108 cm³/mol. The molecular formula is C17H20N4O6S2. The minimum absolute atomic E-state index is 0.00952. The minimum atomic E-state index is -4.05. The van der Waals surface area contributed by atoms with E-state index in [4.69, 9.17) is 5.14 Å². The number of hydrogen-bond acceptors (Lipinski definition) is 8. The molecule has 2 N–H and O–H groups in total. The molecule has 1 saturated heterocycles. The number of anilines is 2. The van der Waals surface area contributed by atoms with Gasteiger partial charge in [0.15, 0.2) is 9.84 Å². The molecule has 3 rings (SSSR count). The van der Waals surface area contributed by atoms with Crippen LogP contribution in [0.5, 0.6) is 0 Å². The van der Waals surface area contributed by atoms with E-state index < -0.39 is 24.8 Å². The van der Waals surface area contributed by atoms with E-state index in [2.05, 4.69) is 0 Å². The van der Waals surface area contributed by atoms with Crippen LogP contribution in [0.2, 0.25) is 0 Å². The van der Waals surface area contributed by atoms with Crippen molar-refractivity contribution >= 4 is 36.9 Å². The summed E-state index contributed by atoms with van der Waals surface area (Å²) in [6, 6.07) is 10.2. The van der Waals surface area contributed by atoms with Gasteiger partial charge in [-0.05, 0) is 24.3 Å². The minimum Gasteiger partial charge on any atom is -0.367 e. The molecule has 1 aliphatic rings. The Morgan fingerprint density at radius 2 is 1.48 bits per heavy atom. The summed E-state index contributed by atoms with van der Waals surface area (Å²) in [5.41, 5.74) is 0.891. The third kappa shape index (κ3) is 4.49. The second kappa shape index (κ2) is 7.61. The Hall–Kier alpha value is -2.70. The van der Waals surface area contributed by atoms with Gasteiger partial charge in [0.1, 0.15) is 5.69 Å². The van der Waals surface area contributed by atoms with Crippen molar-refractivity contribution < 1.29 is 21.8 Å². The van der Waals surface area contributed by atoms with E-state index in [0.29, 0.717) is 37.6 Å². The first-order valence-corrected chi connectivity index (χ1v) is 12.0. The highest BCUT2D eigenvalue weighted by molar-refractivity contribution is 7.91. The molecule has 0 aliphatic carbocycles. The summed E-state index contributed by atoms with van der Waals surface area (Å²) in [5, 5.41) is 16.4. The van der Waals surface area contributed by atoms with Gasteiger partial charge >= 0.3 is 0 Å². The van der Waals surface area contributed by atoms with Crippen molar-refractivity contribution in [2.75, 3.05) is 42.2 Å². The lowest BCUT2D eigenvalue weighted by atomic mass is 10.2. The fourth-order valence-corrected chi connectivity index (χ4v) is 4.84. The summed E-state index contributed by atoms with van der Waals surface area (Å²) in [6.45, 7) is 1.68. The van der Waals surface area contributed by atoms with Gasteiger partial charge in [0.25, 0.3) is 5.69 Å². The van der Waals surface area contributed by atoms with Crippen molar-refractivity contribution in [2.45, 2.75) is 9.79 Å². The van der Waals surface area contributed by atoms with Crippen LogP contribution < -0.4 is 14.9 Å². The highest BCUT2D eigenvalue weighted by Gasteiger charge is 2.27. The first-order valence-electron chi connectivity index (χ1n) is 8.59. The lowest BCUT2D eigenvalue weighted by Crippen LogP contribution is -2.47. The molecule has 2 aromatic rings. The fourth-order valence-electron chi connectivity index (χ4n) is 3.30. The first kappa shape index (κ1) is 21.0. The van der Waals surface area contributed by atoms with Crippen LogP contribution in [0.25, 0.3) is 0 Å². The molecule has 0 radical (unpaired) electrons. The third-order valence-corrected chi connectivity index (χ3v) is 6.74. The van der Waals surface area contributed by atoms with E-state index >= 15 is 0 Å². The van der Waals surface area contributed by atoms with Gasteiger partial charge in [-0.1, -0.05) is 12.1 Å². The Morgan fingerprint density at radius 3 is 2.00 bits per heavy atom. The van der Waals surface area contributed by atoms with Crippen LogP contribution in [0.1, 0.15) is 0 Å². The number of sulfonamides is 1. The molecule has 0 amide bonds. The molecule has 0 saturated carbocycles. The molecule has 0 spiro atoms. The van der Waals surface area contributed by atoms with Crippen LogP contribution in [0.3, 0.4) is 0 Å².